The molecule has 0 aliphatic rings. The summed E-state index contributed by atoms with van der Waals surface area (Å²) < 4.78 is 61.3. The molecule has 1 aromatic heterocycles. The van der Waals surface area contributed by atoms with E-state index in [0.717, 1.165) is 0 Å². The number of rotatable bonds is 4. The van der Waals surface area contributed by atoms with Crippen LogP contribution in [0.1, 0.15) is 0 Å². The smallest absolute Gasteiger partial charge is 0.348 e. The Morgan fingerprint density at radius 1 is 1.29 bits per heavy atom. The third-order valence-electron chi connectivity index (χ3n) is 1.81. The minimum atomic E-state index is -5.67. The van der Waals surface area contributed by atoms with Crippen LogP contribution in [0.4, 0.5) is 22.0 Å². The molecule has 1 heterocycles. The Labute approximate surface area is 92.4 Å². The first-order valence-corrected chi connectivity index (χ1v) is 4.39. The summed E-state index contributed by atoms with van der Waals surface area (Å²) in [7, 11) is 0. The number of carbonyl (C=O) groups is 1. The number of hydrogen-bond donors (Lipinski definition) is 1. The summed E-state index contributed by atoms with van der Waals surface area (Å²) in [6, 6.07) is 0. The van der Waals surface area contributed by atoms with Gasteiger partial charge in [-0.05, 0) is 0 Å². The Balaban J connectivity index is 2.43. The van der Waals surface area contributed by atoms with E-state index in [0.29, 0.717) is 0 Å². The summed E-state index contributed by atoms with van der Waals surface area (Å²) in [6.45, 7) is -2.14. The molecule has 17 heavy (non-hydrogen) atoms. The summed E-state index contributed by atoms with van der Waals surface area (Å²) in [4.78, 5) is 14.6. The van der Waals surface area contributed by atoms with Crippen molar-refractivity contribution < 1.29 is 26.7 Å². The molecule has 0 aliphatic heterocycles. The van der Waals surface area contributed by atoms with Gasteiger partial charge in [0.05, 0.1) is 12.9 Å². The number of carbonyl (C=O) groups excluding carboxylic acids is 1. The van der Waals surface area contributed by atoms with Gasteiger partial charge in [-0.15, -0.1) is 0 Å². The molecule has 0 bridgehead atoms. The van der Waals surface area contributed by atoms with Crippen molar-refractivity contribution in [2.45, 2.75) is 18.6 Å². The van der Waals surface area contributed by atoms with Crippen LogP contribution in [0, 0.1) is 0 Å². The number of amides is 1. The van der Waals surface area contributed by atoms with Crippen molar-refractivity contribution in [2.24, 2.45) is 0 Å². The van der Waals surface area contributed by atoms with Crippen LogP contribution >= 0.6 is 0 Å². The van der Waals surface area contributed by atoms with Crippen LogP contribution in [0.25, 0.3) is 0 Å². The van der Waals surface area contributed by atoms with Crippen molar-refractivity contribution in [2.75, 3.05) is 6.54 Å². The zero-order valence-electron chi connectivity index (χ0n) is 8.34. The number of hydrogen-bond acceptors (Lipinski definition) is 2. The highest BCUT2D eigenvalue weighted by Gasteiger charge is 2.57. The Hall–Kier alpha value is -1.67. The molecule has 0 radical (unpaired) electrons. The second-order valence-electron chi connectivity index (χ2n) is 3.21. The molecule has 0 atom stereocenters. The van der Waals surface area contributed by atoms with E-state index in [2.05, 4.69) is 4.98 Å². The van der Waals surface area contributed by atoms with Gasteiger partial charge in [-0.25, -0.2) is 4.98 Å². The molecule has 4 nitrogen and oxygen atoms in total. The van der Waals surface area contributed by atoms with Gasteiger partial charge in [0.1, 0.15) is 6.54 Å². The summed E-state index contributed by atoms with van der Waals surface area (Å²) in [6.07, 6.45) is -1.71. The summed E-state index contributed by atoms with van der Waals surface area (Å²) in [5, 5.41) is 1.51. The van der Waals surface area contributed by atoms with Crippen molar-refractivity contribution in [1.82, 2.24) is 14.9 Å². The average molecular weight is 257 g/mol. The Morgan fingerprint density at radius 2 is 1.94 bits per heavy atom. The van der Waals surface area contributed by atoms with E-state index in [1.54, 1.807) is 0 Å². The third-order valence-corrected chi connectivity index (χ3v) is 1.81. The molecule has 0 spiro atoms. The van der Waals surface area contributed by atoms with Gasteiger partial charge in [0.15, 0.2) is 0 Å². The molecular weight excluding hydrogens is 249 g/mol. The van der Waals surface area contributed by atoms with Gasteiger partial charge < -0.3 is 9.88 Å². The second kappa shape index (κ2) is 4.68. The molecule has 0 aliphatic carbocycles. The molecule has 0 unspecified atom stereocenters. The van der Waals surface area contributed by atoms with E-state index < -0.39 is 24.6 Å². The van der Waals surface area contributed by atoms with Gasteiger partial charge in [0.2, 0.25) is 5.91 Å². The number of nitrogens with zero attached hydrogens (tertiary/aromatic N) is 2. The molecule has 1 amide bonds. The van der Waals surface area contributed by atoms with Gasteiger partial charge in [-0.1, -0.05) is 0 Å². The predicted molar refractivity (Wildman–Crippen MR) is 46.2 cm³/mol. The predicted octanol–water partition coefficient (Wildman–Crippen LogP) is 1.20. The minimum Gasteiger partial charge on any atom is -0.348 e. The maximum Gasteiger partial charge on any atom is 0.455 e. The minimum absolute atomic E-state index is 0.367. The maximum absolute atomic E-state index is 12.4. The third kappa shape index (κ3) is 3.68. The van der Waals surface area contributed by atoms with Crippen LogP contribution in [0.5, 0.6) is 0 Å². The molecule has 96 valence electrons. The number of imidazole rings is 1. The highest BCUT2D eigenvalue weighted by molar-refractivity contribution is 5.75. The van der Waals surface area contributed by atoms with Crippen molar-refractivity contribution in [3.8, 4) is 0 Å². The van der Waals surface area contributed by atoms with Crippen molar-refractivity contribution in [1.29, 1.82) is 0 Å². The van der Waals surface area contributed by atoms with Crippen LogP contribution < -0.4 is 5.32 Å². The first-order valence-electron chi connectivity index (χ1n) is 4.39. The Bertz CT molecular complexity index is 373. The molecular formula is C8H8F5N3O. The van der Waals surface area contributed by atoms with Gasteiger partial charge in [-0.2, -0.15) is 22.0 Å². The molecule has 0 aromatic carbocycles. The van der Waals surface area contributed by atoms with E-state index in [1.807, 2.05) is 0 Å². The Morgan fingerprint density at radius 3 is 2.41 bits per heavy atom. The normalized spacial score (nSPS) is 12.5. The molecule has 0 saturated carbocycles. The molecule has 9 heteroatoms. The summed E-state index contributed by atoms with van der Waals surface area (Å²) in [5.74, 6) is -5.88. The lowest BCUT2D eigenvalue weighted by atomic mass is 10.3. The van der Waals surface area contributed by atoms with Gasteiger partial charge >= 0.3 is 12.1 Å². The highest BCUT2D eigenvalue weighted by atomic mass is 19.4. The Kier molecular flexibility index (Phi) is 3.69. The molecule has 1 rings (SSSR count). The fourth-order valence-electron chi connectivity index (χ4n) is 0.912. The maximum atomic E-state index is 12.4. The van der Waals surface area contributed by atoms with Crippen molar-refractivity contribution in [3.63, 3.8) is 0 Å². The second-order valence-corrected chi connectivity index (χ2v) is 3.21. The SMILES string of the molecule is O=C(Cn1ccnc1)NCC(F)(F)C(F)(F)F. The lowest BCUT2D eigenvalue weighted by Crippen LogP contribution is -2.47. The van der Waals surface area contributed by atoms with Crippen LogP contribution in [-0.4, -0.2) is 34.1 Å². The zero-order valence-corrected chi connectivity index (χ0v) is 8.34. The van der Waals surface area contributed by atoms with Gasteiger partial charge in [-0.3, -0.25) is 4.79 Å². The number of halogens is 5. The summed E-state index contributed by atoms with van der Waals surface area (Å²) in [5.41, 5.74) is 0. The fourth-order valence-corrected chi connectivity index (χ4v) is 0.912. The van der Waals surface area contributed by atoms with E-state index in [1.165, 1.54) is 28.6 Å². The standard InChI is InChI=1S/C8H8F5N3O/c9-7(10,8(11,12)13)4-15-6(17)3-16-2-1-14-5-16/h1-2,5H,3-4H2,(H,15,17). The van der Waals surface area contributed by atoms with Crippen molar-refractivity contribution in [3.05, 3.63) is 18.7 Å². The lowest BCUT2D eigenvalue weighted by molar-refractivity contribution is -0.278. The first-order chi connectivity index (χ1) is 7.72. The van der Waals surface area contributed by atoms with Crippen molar-refractivity contribution >= 4 is 5.91 Å². The highest BCUT2D eigenvalue weighted by Crippen LogP contribution is 2.34. The van der Waals surface area contributed by atoms with Crippen LogP contribution in [0.2, 0.25) is 0 Å². The van der Waals surface area contributed by atoms with E-state index in [-0.39, 0.29) is 6.54 Å². The van der Waals surface area contributed by atoms with E-state index >= 15 is 0 Å². The monoisotopic (exact) mass is 257 g/mol. The lowest BCUT2D eigenvalue weighted by Gasteiger charge is -2.19. The number of aromatic nitrogens is 2. The molecule has 1 aromatic rings. The zero-order chi connectivity index (χ0) is 13.1. The number of nitrogens with one attached hydrogen (secondary N) is 1. The number of alkyl halides is 5. The van der Waals surface area contributed by atoms with Crippen LogP contribution in [-0.2, 0) is 11.3 Å². The van der Waals surface area contributed by atoms with E-state index in [9.17, 15) is 26.7 Å². The molecule has 0 saturated heterocycles. The molecule has 0 fully saturated rings. The quantitative estimate of drug-likeness (QED) is 0.824. The van der Waals surface area contributed by atoms with Gasteiger partial charge in [0.25, 0.3) is 0 Å². The van der Waals surface area contributed by atoms with Gasteiger partial charge in [0, 0.05) is 12.4 Å². The topological polar surface area (TPSA) is 46.9 Å². The fraction of sp³-hybridized carbons (Fsp3) is 0.500. The molecule has 1 N–H and O–H groups in total. The first kappa shape index (κ1) is 13.4. The van der Waals surface area contributed by atoms with E-state index in [4.69, 9.17) is 0 Å². The van der Waals surface area contributed by atoms with Crippen LogP contribution in [0.3, 0.4) is 0 Å². The largest absolute Gasteiger partial charge is 0.455 e. The van der Waals surface area contributed by atoms with Crippen LogP contribution in [0.15, 0.2) is 18.7 Å². The average Bonchev–Trinajstić information content (AvgIpc) is 2.66. The summed E-state index contributed by atoms with van der Waals surface area (Å²) >= 11 is 0.